The van der Waals surface area contributed by atoms with E-state index in [0.29, 0.717) is 0 Å². The second-order valence-electron chi connectivity index (χ2n) is 7.27. The first-order valence-corrected chi connectivity index (χ1v) is 13.0. The minimum absolute atomic E-state index is 0. The number of halogens is 4. The molecule has 0 saturated heterocycles. The largest absolute Gasteiger partial charge is 2.00 e. The Hall–Kier alpha value is -2.37. The SMILES string of the molecule is Brc1c[c-]c(-c2ccccn2)cc1.COc1ccc(-n2[c-][n+](-c3ccc(OC)cc3)cc2)cc1.ClCCl.[Cl-].[Pd+2]. The smallest absolute Gasteiger partial charge is 1.00 e. The Morgan fingerprint density at radius 1 is 0.897 bits per heavy atom. The van der Waals surface area contributed by atoms with Crippen molar-refractivity contribution in [3.8, 4) is 34.1 Å². The minimum atomic E-state index is 0. The number of nitrogens with zero attached hydrogens (tertiary/aromatic N) is 3. The van der Waals surface area contributed by atoms with Crippen molar-refractivity contribution in [1.82, 2.24) is 9.55 Å². The molecule has 0 unspecified atom stereocenters. The van der Waals surface area contributed by atoms with Gasteiger partial charge in [0, 0.05) is 18.6 Å². The van der Waals surface area contributed by atoms with Crippen LogP contribution in [0.5, 0.6) is 11.5 Å². The molecule has 0 aliphatic carbocycles. The zero-order valence-corrected chi connectivity index (χ0v) is 26.4. The Morgan fingerprint density at radius 3 is 2.03 bits per heavy atom. The van der Waals surface area contributed by atoms with E-state index in [1.165, 1.54) is 0 Å². The van der Waals surface area contributed by atoms with Crippen LogP contribution >= 0.6 is 39.1 Å². The summed E-state index contributed by atoms with van der Waals surface area (Å²) in [5.74, 6) is 1.68. The molecule has 0 atom stereocenters. The molecule has 0 N–H and O–H groups in total. The molecule has 39 heavy (non-hydrogen) atoms. The van der Waals surface area contributed by atoms with Crippen LogP contribution in [0, 0.1) is 12.4 Å². The van der Waals surface area contributed by atoms with Crippen molar-refractivity contribution in [1.29, 1.82) is 0 Å². The van der Waals surface area contributed by atoms with Gasteiger partial charge < -0.3 is 26.9 Å². The third-order valence-electron chi connectivity index (χ3n) is 5.00. The number of hydrogen-bond acceptors (Lipinski definition) is 3. The van der Waals surface area contributed by atoms with E-state index in [4.69, 9.17) is 32.7 Å². The van der Waals surface area contributed by atoms with Gasteiger partial charge in [0.25, 0.3) is 6.33 Å². The Morgan fingerprint density at radius 2 is 1.51 bits per heavy atom. The van der Waals surface area contributed by atoms with Gasteiger partial charge in [-0.25, -0.2) is 0 Å². The number of hydrogen-bond donors (Lipinski definition) is 0. The molecule has 0 aliphatic rings. The van der Waals surface area contributed by atoms with Crippen molar-refractivity contribution in [2.75, 3.05) is 19.6 Å². The summed E-state index contributed by atoms with van der Waals surface area (Å²) in [7, 11) is 3.32. The first-order chi connectivity index (χ1) is 18.1. The van der Waals surface area contributed by atoms with Gasteiger partial charge in [0.05, 0.1) is 30.9 Å². The maximum Gasteiger partial charge on any atom is 2.00 e. The number of alkyl halides is 2. The summed E-state index contributed by atoms with van der Waals surface area (Å²) in [6.07, 6.45) is 8.98. The van der Waals surface area contributed by atoms with E-state index >= 15 is 0 Å². The first-order valence-electron chi connectivity index (χ1n) is 11.1. The number of benzene rings is 3. The molecule has 10 heteroatoms. The van der Waals surface area contributed by atoms with E-state index in [2.05, 4.69) is 33.3 Å². The normalized spacial score (nSPS) is 9.36. The van der Waals surface area contributed by atoms with Crippen LogP contribution in [0.3, 0.4) is 0 Å². The van der Waals surface area contributed by atoms with Gasteiger partial charge in [-0.15, -0.1) is 69.0 Å². The number of imidazole rings is 1. The minimum Gasteiger partial charge on any atom is -1.00 e. The summed E-state index contributed by atoms with van der Waals surface area (Å²) in [5, 5.41) is 0.194. The summed E-state index contributed by atoms with van der Waals surface area (Å²) in [6, 6.07) is 30.6. The van der Waals surface area contributed by atoms with Crippen molar-refractivity contribution in [2.24, 2.45) is 0 Å². The zero-order valence-electron chi connectivity index (χ0n) is 21.0. The second-order valence-corrected chi connectivity index (χ2v) is 8.99. The van der Waals surface area contributed by atoms with Crippen LogP contribution in [-0.4, -0.2) is 29.1 Å². The Bertz CT molecular complexity index is 1280. The molecule has 0 bridgehead atoms. The van der Waals surface area contributed by atoms with Crippen molar-refractivity contribution >= 4 is 39.1 Å². The van der Waals surface area contributed by atoms with Crippen LogP contribution in [0.2, 0.25) is 0 Å². The number of pyridine rings is 1. The van der Waals surface area contributed by atoms with E-state index in [0.717, 1.165) is 38.6 Å². The summed E-state index contributed by atoms with van der Waals surface area (Å²) in [5.41, 5.74) is 4.03. The average Bonchev–Trinajstić information content (AvgIpc) is 3.45. The third-order valence-corrected chi connectivity index (χ3v) is 5.49. The molecule has 0 fully saturated rings. The number of rotatable bonds is 5. The monoisotopic (exact) mass is 737 g/mol. The topological polar surface area (TPSA) is 40.2 Å². The van der Waals surface area contributed by atoms with E-state index in [-0.39, 0.29) is 38.2 Å². The van der Waals surface area contributed by atoms with Gasteiger partial charge in [0.15, 0.2) is 0 Å². The second kappa shape index (κ2) is 18.8. The molecule has 0 aliphatic heterocycles. The first kappa shape index (κ1) is 34.7. The summed E-state index contributed by atoms with van der Waals surface area (Å²) in [6.45, 7) is 0. The molecule has 5 aromatic rings. The third kappa shape index (κ3) is 11.0. The van der Waals surface area contributed by atoms with Gasteiger partial charge in [-0.1, -0.05) is 16.6 Å². The molecular formula is C29H25BrCl3N3O2Pd. The van der Waals surface area contributed by atoms with Gasteiger partial charge in [-0.3, -0.25) is 9.13 Å². The molecule has 0 radical (unpaired) electrons. The molecule has 2 heterocycles. The average molecular weight is 740 g/mol. The standard InChI is InChI=1S/C17H16N2O2.C11H7BrN.CH2Cl2.ClH.Pd/c1-20-16-7-3-14(4-8-16)18-11-12-19(13-18)15-5-9-17(21-2)10-6-15;12-10-6-4-9(5-7-10)11-3-1-2-8-13-11;2-1-3;;/h3-12H,1-2H3;1-4,6-8H;1H2;1H;/q;-1;;;+2/p-1. The van der Waals surface area contributed by atoms with Gasteiger partial charge in [0.2, 0.25) is 0 Å². The van der Waals surface area contributed by atoms with Crippen LogP contribution in [0.15, 0.2) is 108 Å². The molecular weight excluding hydrogens is 715 g/mol. The van der Waals surface area contributed by atoms with Crippen LogP contribution in [0.4, 0.5) is 0 Å². The summed E-state index contributed by atoms with van der Waals surface area (Å²) in [4.78, 5) is 4.23. The molecule has 3 aromatic carbocycles. The van der Waals surface area contributed by atoms with E-state index < -0.39 is 0 Å². The molecule has 0 saturated carbocycles. The molecule has 5 nitrogen and oxygen atoms in total. The molecule has 2 aromatic heterocycles. The summed E-state index contributed by atoms with van der Waals surface area (Å²) >= 11 is 12.9. The fourth-order valence-electron chi connectivity index (χ4n) is 3.18. The zero-order chi connectivity index (χ0) is 26.5. The number of ether oxygens (including phenoxy) is 2. The van der Waals surface area contributed by atoms with Gasteiger partial charge in [0.1, 0.15) is 11.5 Å². The maximum atomic E-state index is 5.16. The van der Waals surface area contributed by atoms with Crippen LogP contribution < -0.4 is 26.4 Å². The van der Waals surface area contributed by atoms with Gasteiger partial charge >= 0.3 is 20.4 Å². The molecule has 0 spiro atoms. The van der Waals surface area contributed by atoms with Crippen molar-refractivity contribution in [3.05, 3.63) is 120 Å². The van der Waals surface area contributed by atoms with Crippen LogP contribution in [0.1, 0.15) is 0 Å². The Kier molecular flexibility index (Phi) is 16.7. The van der Waals surface area contributed by atoms with Crippen molar-refractivity contribution in [3.63, 3.8) is 0 Å². The van der Waals surface area contributed by atoms with Crippen molar-refractivity contribution in [2.45, 2.75) is 0 Å². The van der Waals surface area contributed by atoms with E-state index in [1.807, 2.05) is 106 Å². The Labute approximate surface area is 267 Å². The van der Waals surface area contributed by atoms with Crippen LogP contribution in [-0.2, 0) is 20.4 Å². The van der Waals surface area contributed by atoms with Gasteiger partial charge in [-0.2, -0.15) is 0 Å². The maximum absolute atomic E-state index is 5.16. The van der Waals surface area contributed by atoms with E-state index in [1.54, 1.807) is 20.4 Å². The van der Waals surface area contributed by atoms with Crippen LogP contribution in [0.25, 0.3) is 22.6 Å². The fourth-order valence-corrected chi connectivity index (χ4v) is 3.42. The number of aromatic nitrogens is 3. The van der Waals surface area contributed by atoms with Crippen molar-refractivity contribution < 1.29 is 46.9 Å². The Balaban J connectivity index is 0.000000365. The quantitative estimate of drug-likeness (QED) is 0.117. The number of methoxy groups -OCH3 is 2. The molecule has 5 rings (SSSR count). The fraction of sp³-hybridized carbons (Fsp3) is 0.103. The summed E-state index contributed by atoms with van der Waals surface area (Å²) < 4.78 is 15.2. The molecule has 206 valence electrons. The van der Waals surface area contributed by atoms with E-state index in [9.17, 15) is 0 Å². The molecule has 0 amide bonds. The predicted molar refractivity (Wildman–Crippen MR) is 152 cm³/mol. The predicted octanol–water partition coefficient (Wildman–Crippen LogP) is 4.31. The van der Waals surface area contributed by atoms with Gasteiger partial charge in [-0.05, 0) is 60.3 Å².